The number of aliphatic hydroxyl groups is 1. The van der Waals surface area contributed by atoms with Gasteiger partial charge in [0.25, 0.3) is 0 Å². The molecule has 20 heavy (non-hydrogen) atoms. The fraction of sp³-hybridized carbons (Fsp3) is 0.562. The molecule has 0 spiro atoms. The number of hydrogen-bond donors (Lipinski definition) is 2. The number of para-hydroxylation sites is 1. The van der Waals surface area contributed by atoms with Gasteiger partial charge in [0.2, 0.25) is 0 Å². The van der Waals surface area contributed by atoms with Crippen LogP contribution in [0.25, 0.3) is 10.9 Å². The first kappa shape index (κ1) is 15.0. The van der Waals surface area contributed by atoms with Crippen LogP contribution in [-0.2, 0) is 13.0 Å². The summed E-state index contributed by atoms with van der Waals surface area (Å²) in [6.45, 7) is 8.67. The third-order valence-electron chi connectivity index (χ3n) is 3.67. The first-order chi connectivity index (χ1) is 9.57. The van der Waals surface area contributed by atoms with Gasteiger partial charge >= 0.3 is 0 Å². The zero-order valence-corrected chi connectivity index (χ0v) is 12.7. The molecule has 1 heterocycles. The summed E-state index contributed by atoms with van der Waals surface area (Å²) in [4.78, 5) is 0. The molecule has 0 saturated heterocycles. The standard InChI is InChI=1S/C16H25N3O/c1-4-17-11-10-16(3,20)12-14-13-8-6-7-9-15(13)19(5-2)18-14/h6-9,17,20H,4-5,10-12H2,1-3H3. The molecule has 0 aliphatic heterocycles. The van der Waals surface area contributed by atoms with Crippen LogP contribution < -0.4 is 5.32 Å². The van der Waals surface area contributed by atoms with Crippen LogP contribution in [0, 0.1) is 0 Å². The second-order valence-corrected chi connectivity index (χ2v) is 5.56. The second kappa shape index (κ2) is 6.37. The van der Waals surface area contributed by atoms with Gasteiger partial charge in [0.15, 0.2) is 0 Å². The minimum Gasteiger partial charge on any atom is -0.390 e. The molecule has 1 atom stereocenters. The molecule has 2 rings (SSSR count). The number of benzene rings is 1. The fourth-order valence-electron chi connectivity index (χ4n) is 2.55. The Morgan fingerprint density at radius 2 is 2.05 bits per heavy atom. The van der Waals surface area contributed by atoms with Crippen LogP contribution in [0.4, 0.5) is 0 Å². The maximum atomic E-state index is 10.5. The van der Waals surface area contributed by atoms with Crippen LogP contribution in [0.3, 0.4) is 0 Å². The smallest absolute Gasteiger partial charge is 0.0731 e. The molecule has 1 unspecified atom stereocenters. The van der Waals surface area contributed by atoms with Crippen molar-refractivity contribution in [3.63, 3.8) is 0 Å². The van der Waals surface area contributed by atoms with Crippen molar-refractivity contribution in [3.05, 3.63) is 30.0 Å². The van der Waals surface area contributed by atoms with Crippen molar-refractivity contribution < 1.29 is 5.11 Å². The molecule has 2 aromatic rings. The van der Waals surface area contributed by atoms with Crippen molar-refractivity contribution in [2.45, 2.75) is 45.8 Å². The number of aromatic nitrogens is 2. The van der Waals surface area contributed by atoms with Crippen LogP contribution in [0.1, 0.15) is 32.9 Å². The number of aryl methyl sites for hydroxylation is 1. The van der Waals surface area contributed by atoms with E-state index in [0.717, 1.165) is 42.7 Å². The molecule has 0 aliphatic rings. The van der Waals surface area contributed by atoms with Gasteiger partial charge in [-0.25, -0.2) is 0 Å². The molecule has 0 amide bonds. The lowest BCUT2D eigenvalue weighted by atomic mass is 9.95. The van der Waals surface area contributed by atoms with Crippen LogP contribution in [-0.4, -0.2) is 33.6 Å². The Bertz CT molecular complexity index is 560. The molecule has 1 aromatic carbocycles. The Labute approximate surface area is 120 Å². The van der Waals surface area contributed by atoms with Crippen molar-refractivity contribution in [2.24, 2.45) is 0 Å². The number of fused-ring (bicyclic) bond motifs is 1. The molecule has 2 N–H and O–H groups in total. The molecular weight excluding hydrogens is 250 g/mol. The Morgan fingerprint density at radius 1 is 1.30 bits per heavy atom. The molecule has 1 aromatic heterocycles. The summed E-state index contributed by atoms with van der Waals surface area (Å²) >= 11 is 0. The first-order valence-corrected chi connectivity index (χ1v) is 7.45. The highest BCUT2D eigenvalue weighted by Gasteiger charge is 2.23. The normalized spacial score (nSPS) is 14.6. The summed E-state index contributed by atoms with van der Waals surface area (Å²) in [7, 11) is 0. The number of nitrogens with zero attached hydrogens (tertiary/aromatic N) is 2. The maximum absolute atomic E-state index is 10.5. The van der Waals surface area contributed by atoms with Gasteiger partial charge in [0.1, 0.15) is 0 Å². The lowest BCUT2D eigenvalue weighted by Crippen LogP contribution is -2.32. The molecule has 4 nitrogen and oxygen atoms in total. The van der Waals surface area contributed by atoms with Crippen LogP contribution in [0.5, 0.6) is 0 Å². The van der Waals surface area contributed by atoms with Crippen LogP contribution in [0.2, 0.25) is 0 Å². The molecule has 0 radical (unpaired) electrons. The van der Waals surface area contributed by atoms with Gasteiger partial charge in [0, 0.05) is 18.4 Å². The number of nitrogens with one attached hydrogen (secondary N) is 1. The van der Waals surface area contributed by atoms with Gasteiger partial charge in [-0.3, -0.25) is 4.68 Å². The van der Waals surface area contributed by atoms with E-state index in [-0.39, 0.29) is 0 Å². The van der Waals surface area contributed by atoms with Gasteiger partial charge in [0.05, 0.1) is 16.8 Å². The summed E-state index contributed by atoms with van der Waals surface area (Å²) < 4.78 is 2.00. The third-order valence-corrected chi connectivity index (χ3v) is 3.67. The second-order valence-electron chi connectivity index (χ2n) is 5.56. The molecule has 0 aliphatic carbocycles. The van der Waals surface area contributed by atoms with Gasteiger partial charge in [-0.2, -0.15) is 5.10 Å². The van der Waals surface area contributed by atoms with Crippen molar-refractivity contribution >= 4 is 10.9 Å². The largest absolute Gasteiger partial charge is 0.390 e. The highest BCUT2D eigenvalue weighted by molar-refractivity contribution is 5.82. The van der Waals surface area contributed by atoms with E-state index in [2.05, 4.69) is 36.4 Å². The minimum absolute atomic E-state index is 0.589. The first-order valence-electron chi connectivity index (χ1n) is 7.45. The van der Waals surface area contributed by atoms with Gasteiger partial charge < -0.3 is 10.4 Å². The van der Waals surface area contributed by atoms with Crippen molar-refractivity contribution in [2.75, 3.05) is 13.1 Å². The molecular formula is C16H25N3O. The Kier molecular flexibility index (Phi) is 4.78. The number of hydrogen-bond acceptors (Lipinski definition) is 3. The molecule has 0 fully saturated rings. The van der Waals surface area contributed by atoms with E-state index in [9.17, 15) is 5.11 Å². The minimum atomic E-state index is -0.724. The van der Waals surface area contributed by atoms with E-state index in [1.165, 1.54) is 0 Å². The Hall–Kier alpha value is -1.39. The molecule has 0 bridgehead atoms. The topological polar surface area (TPSA) is 50.1 Å². The highest BCUT2D eigenvalue weighted by atomic mass is 16.3. The molecule has 0 saturated carbocycles. The third kappa shape index (κ3) is 3.38. The van der Waals surface area contributed by atoms with E-state index >= 15 is 0 Å². The average molecular weight is 275 g/mol. The van der Waals surface area contributed by atoms with Crippen molar-refractivity contribution in [1.29, 1.82) is 0 Å². The average Bonchev–Trinajstić information content (AvgIpc) is 2.77. The highest BCUT2D eigenvalue weighted by Crippen LogP contribution is 2.23. The Balaban J connectivity index is 2.20. The fourth-order valence-corrected chi connectivity index (χ4v) is 2.55. The summed E-state index contributed by atoms with van der Waals surface area (Å²) in [5.41, 5.74) is 1.41. The summed E-state index contributed by atoms with van der Waals surface area (Å²) in [5.74, 6) is 0. The monoisotopic (exact) mass is 275 g/mol. The zero-order valence-electron chi connectivity index (χ0n) is 12.7. The molecule has 4 heteroatoms. The van der Waals surface area contributed by atoms with Gasteiger partial charge in [-0.15, -0.1) is 0 Å². The van der Waals surface area contributed by atoms with Crippen molar-refractivity contribution in [1.82, 2.24) is 15.1 Å². The Morgan fingerprint density at radius 3 is 2.75 bits per heavy atom. The predicted molar refractivity (Wildman–Crippen MR) is 82.9 cm³/mol. The predicted octanol–water partition coefficient (Wildman–Crippen LogP) is 2.35. The van der Waals surface area contributed by atoms with Gasteiger partial charge in [-0.1, -0.05) is 25.1 Å². The van der Waals surface area contributed by atoms with Crippen LogP contribution in [0.15, 0.2) is 24.3 Å². The van der Waals surface area contributed by atoms with E-state index in [4.69, 9.17) is 0 Å². The lowest BCUT2D eigenvalue weighted by molar-refractivity contribution is 0.0509. The number of rotatable bonds is 7. The lowest BCUT2D eigenvalue weighted by Gasteiger charge is -2.22. The zero-order chi connectivity index (χ0) is 14.6. The summed E-state index contributed by atoms with van der Waals surface area (Å²) in [5, 5.41) is 19.6. The summed E-state index contributed by atoms with van der Waals surface area (Å²) in [6, 6.07) is 8.23. The molecule has 110 valence electrons. The van der Waals surface area contributed by atoms with E-state index in [1.54, 1.807) is 0 Å². The summed E-state index contributed by atoms with van der Waals surface area (Å²) in [6.07, 6.45) is 1.32. The van der Waals surface area contributed by atoms with E-state index < -0.39 is 5.60 Å². The maximum Gasteiger partial charge on any atom is 0.0731 e. The SMILES string of the molecule is CCNCCC(C)(O)Cc1nn(CC)c2ccccc12. The van der Waals surface area contributed by atoms with E-state index in [1.807, 2.05) is 23.7 Å². The van der Waals surface area contributed by atoms with E-state index in [0.29, 0.717) is 6.42 Å². The van der Waals surface area contributed by atoms with Crippen LogP contribution >= 0.6 is 0 Å². The van der Waals surface area contributed by atoms with Gasteiger partial charge in [-0.05, 0) is 39.4 Å². The van der Waals surface area contributed by atoms with Crippen molar-refractivity contribution in [3.8, 4) is 0 Å². The quantitative estimate of drug-likeness (QED) is 0.763.